The maximum Gasteiger partial charge on any atom is 0.230 e. The number of hydrogen-bond acceptors (Lipinski definition) is 8. The lowest BCUT2D eigenvalue weighted by Crippen LogP contribution is -2.48. The number of piperidine rings is 1. The molecular weight excluding hydrogens is 373 g/mol. The zero-order chi connectivity index (χ0) is 19.6. The van der Waals surface area contributed by atoms with Gasteiger partial charge in [-0.1, -0.05) is 16.5 Å². The van der Waals surface area contributed by atoms with E-state index in [1.165, 1.54) is 18.3 Å². The van der Waals surface area contributed by atoms with Gasteiger partial charge >= 0.3 is 0 Å². The summed E-state index contributed by atoms with van der Waals surface area (Å²) in [6, 6.07) is 0.210. The molecule has 1 saturated heterocycles. The molecule has 1 amide bonds. The highest BCUT2D eigenvalue weighted by Crippen LogP contribution is 2.33. The molecule has 10 heteroatoms. The van der Waals surface area contributed by atoms with Crippen molar-refractivity contribution in [2.24, 2.45) is 0 Å². The van der Waals surface area contributed by atoms with E-state index in [-0.39, 0.29) is 17.6 Å². The van der Waals surface area contributed by atoms with Crippen molar-refractivity contribution in [1.82, 2.24) is 20.0 Å². The molecular formula is C17H24FN5O3S. The molecule has 1 aliphatic heterocycles. The van der Waals surface area contributed by atoms with Crippen LogP contribution < -0.4 is 5.32 Å². The predicted octanol–water partition coefficient (Wildman–Crippen LogP) is 2.89. The molecule has 0 radical (unpaired) electrons. The van der Waals surface area contributed by atoms with Gasteiger partial charge in [0.2, 0.25) is 17.7 Å². The Bertz CT molecular complexity index is 810. The van der Waals surface area contributed by atoms with Crippen LogP contribution in [-0.4, -0.2) is 44.1 Å². The van der Waals surface area contributed by atoms with Gasteiger partial charge in [0.1, 0.15) is 6.61 Å². The SMILES string of the molecule is CC(=O)Nc1nc(F)c(CN2CCC(C)(OCc3noc(C)n3)C[C@H]2C)s1. The van der Waals surface area contributed by atoms with Crippen LogP contribution in [0.25, 0.3) is 0 Å². The van der Waals surface area contributed by atoms with Gasteiger partial charge in [-0.25, -0.2) is 0 Å². The summed E-state index contributed by atoms with van der Waals surface area (Å²) in [5.74, 6) is 0.285. The van der Waals surface area contributed by atoms with Crippen molar-refractivity contribution in [2.75, 3.05) is 11.9 Å². The molecule has 2 atom stereocenters. The largest absolute Gasteiger partial charge is 0.367 e. The Kier molecular flexibility index (Phi) is 5.87. The first-order chi connectivity index (χ1) is 12.7. The number of thiazole rings is 1. The van der Waals surface area contributed by atoms with Crippen molar-refractivity contribution in [3.63, 3.8) is 0 Å². The quantitative estimate of drug-likeness (QED) is 0.801. The molecule has 27 heavy (non-hydrogen) atoms. The third kappa shape index (κ3) is 5.08. The first-order valence-corrected chi connectivity index (χ1v) is 9.66. The van der Waals surface area contributed by atoms with Gasteiger partial charge in [-0.3, -0.25) is 9.69 Å². The Hall–Kier alpha value is -1.91. The summed E-state index contributed by atoms with van der Waals surface area (Å²) in [7, 11) is 0. The van der Waals surface area contributed by atoms with E-state index in [1.54, 1.807) is 6.92 Å². The highest BCUT2D eigenvalue weighted by molar-refractivity contribution is 7.15. The summed E-state index contributed by atoms with van der Waals surface area (Å²) in [4.78, 5) is 21.8. The lowest BCUT2D eigenvalue weighted by atomic mass is 9.88. The number of aromatic nitrogens is 3. The number of rotatable bonds is 6. The molecule has 2 aromatic heterocycles. The molecule has 3 heterocycles. The molecule has 1 aliphatic rings. The fraction of sp³-hybridized carbons (Fsp3) is 0.647. The third-order valence-corrected chi connectivity index (χ3v) is 5.61. The van der Waals surface area contributed by atoms with E-state index in [2.05, 4.69) is 39.2 Å². The second kappa shape index (κ2) is 7.99. The third-order valence-electron chi connectivity index (χ3n) is 4.68. The van der Waals surface area contributed by atoms with Crippen LogP contribution >= 0.6 is 11.3 Å². The molecule has 0 saturated carbocycles. The summed E-state index contributed by atoms with van der Waals surface area (Å²) in [6.07, 6.45) is 1.62. The average Bonchev–Trinajstić information content (AvgIpc) is 3.14. The van der Waals surface area contributed by atoms with Gasteiger partial charge in [-0.05, 0) is 26.7 Å². The summed E-state index contributed by atoms with van der Waals surface area (Å²) in [6.45, 7) is 8.85. The molecule has 1 N–H and O–H groups in total. The lowest BCUT2D eigenvalue weighted by molar-refractivity contribution is -0.114. The number of nitrogens with one attached hydrogen (secondary N) is 1. The second-order valence-electron chi connectivity index (χ2n) is 7.16. The summed E-state index contributed by atoms with van der Waals surface area (Å²) in [5.41, 5.74) is -0.294. The molecule has 148 valence electrons. The number of likely N-dealkylation sites (tertiary alicyclic amines) is 1. The minimum atomic E-state index is -0.520. The monoisotopic (exact) mass is 397 g/mol. The molecule has 0 bridgehead atoms. The molecule has 8 nitrogen and oxygen atoms in total. The van der Waals surface area contributed by atoms with Crippen molar-refractivity contribution in [2.45, 2.75) is 65.3 Å². The van der Waals surface area contributed by atoms with Crippen LogP contribution in [0.1, 0.15) is 50.2 Å². The van der Waals surface area contributed by atoms with Crippen molar-refractivity contribution >= 4 is 22.4 Å². The number of amides is 1. The zero-order valence-corrected chi connectivity index (χ0v) is 16.7. The molecule has 1 fully saturated rings. The number of aryl methyl sites for hydroxylation is 1. The maximum absolute atomic E-state index is 14.1. The lowest BCUT2D eigenvalue weighted by Gasteiger charge is -2.43. The van der Waals surface area contributed by atoms with Crippen LogP contribution in [0.15, 0.2) is 4.52 Å². The van der Waals surface area contributed by atoms with Gasteiger partial charge in [0, 0.05) is 33.0 Å². The Balaban J connectivity index is 1.56. The Morgan fingerprint density at radius 2 is 2.30 bits per heavy atom. The summed E-state index contributed by atoms with van der Waals surface area (Å²) in [5, 5.41) is 6.68. The number of ether oxygens (including phenoxy) is 1. The van der Waals surface area contributed by atoms with Crippen molar-refractivity contribution < 1.29 is 18.4 Å². The van der Waals surface area contributed by atoms with E-state index >= 15 is 0 Å². The van der Waals surface area contributed by atoms with Crippen LogP contribution in [0.2, 0.25) is 0 Å². The minimum Gasteiger partial charge on any atom is -0.367 e. The number of carbonyl (C=O) groups excluding carboxylic acids is 1. The topological polar surface area (TPSA) is 93.4 Å². The molecule has 1 unspecified atom stereocenters. The van der Waals surface area contributed by atoms with Gasteiger partial charge in [0.05, 0.1) is 10.5 Å². The number of carbonyl (C=O) groups is 1. The van der Waals surface area contributed by atoms with E-state index < -0.39 is 5.95 Å². The normalized spacial score (nSPS) is 23.5. The number of nitrogens with zero attached hydrogens (tertiary/aromatic N) is 4. The van der Waals surface area contributed by atoms with Crippen LogP contribution in [0.4, 0.5) is 9.52 Å². The first kappa shape index (κ1) is 19.8. The minimum absolute atomic E-state index is 0.210. The van der Waals surface area contributed by atoms with Crippen molar-refractivity contribution in [1.29, 1.82) is 0 Å². The van der Waals surface area contributed by atoms with Crippen LogP contribution in [-0.2, 0) is 22.7 Å². The Morgan fingerprint density at radius 1 is 1.52 bits per heavy atom. The van der Waals surface area contributed by atoms with Gasteiger partial charge in [-0.2, -0.15) is 14.4 Å². The number of anilines is 1. The molecule has 0 aliphatic carbocycles. The fourth-order valence-corrected chi connectivity index (χ4v) is 4.19. The van der Waals surface area contributed by atoms with E-state index in [0.717, 1.165) is 19.4 Å². The maximum atomic E-state index is 14.1. The van der Waals surface area contributed by atoms with Gasteiger partial charge in [0.15, 0.2) is 11.0 Å². The first-order valence-electron chi connectivity index (χ1n) is 8.84. The Morgan fingerprint density at radius 3 is 2.93 bits per heavy atom. The summed E-state index contributed by atoms with van der Waals surface area (Å²) < 4.78 is 25.1. The van der Waals surface area contributed by atoms with Gasteiger partial charge in [-0.15, -0.1) is 0 Å². The summed E-state index contributed by atoms with van der Waals surface area (Å²) >= 11 is 1.18. The smallest absolute Gasteiger partial charge is 0.230 e. The molecule has 3 rings (SSSR count). The van der Waals surface area contributed by atoms with Crippen LogP contribution in [0.5, 0.6) is 0 Å². The number of halogens is 1. The van der Waals surface area contributed by atoms with Gasteiger partial charge < -0.3 is 14.6 Å². The number of hydrogen-bond donors (Lipinski definition) is 1. The highest BCUT2D eigenvalue weighted by atomic mass is 32.1. The van der Waals surface area contributed by atoms with E-state index in [4.69, 9.17) is 9.26 Å². The van der Waals surface area contributed by atoms with Gasteiger partial charge in [0.25, 0.3) is 0 Å². The molecule has 2 aromatic rings. The molecule has 0 aromatic carbocycles. The average molecular weight is 397 g/mol. The highest BCUT2D eigenvalue weighted by Gasteiger charge is 2.36. The van der Waals surface area contributed by atoms with Crippen molar-refractivity contribution in [3.05, 3.63) is 22.5 Å². The van der Waals surface area contributed by atoms with Crippen LogP contribution in [0, 0.1) is 12.9 Å². The van der Waals surface area contributed by atoms with E-state index in [0.29, 0.717) is 34.9 Å². The van der Waals surface area contributed by atoms with Crippen molar-refractivity contribution in [3.8, 4) is 0 Å². The van der Waals surface area contributed by atoms with E-state index in [9.17, 15) is 9.18 Å². The van der Waals surface area contributed by atoms with E-state index in [1.807, 2.05) is 0 Å². The second-order valence-corrected chi connectivity index (χ2v) is 8.24. The van der Waals surface area contributed by atoms with Crippen LogP contribution in [0.3, 0.4) is 0 Å². The Labute approximate surface area is 161 Å². The standard InChI is InChI=1S/C17H24FN5O3S/c1-10-7-17(4,25-9-14-20-12(3)26-22-14)5-6-23(10)8-13-15(18)21-16(27-13)19-11(2)24/h10H,5-9H2,1-4H3,(H,19,21,24)/t10-,17?/m1/s1. The molecule has 0 spiro atoms. The predicted molar refractivity (Wildman–Crippen MR) is 97.7 cm³/mol. The zero-order valence-electron chi connectivity index (χ0n) is 15.9. The fourth-order valence-electron chi connectivity index (χ4n) is 3.28.